The van der Waals surface area contributed by atoms with Crippen LogP contribution >= 0.6 is 0 Å². The Morgan fingerprint density at radius 2 is 1.52 bits per heavy atom. The van der Waals surface area contributed by atoms with Crippen LogP contribution in [-0.2, 0) is 0 Å². The maximum atomic E-state index is 5.34. The van der Waals surface area contributed by atoms with Gasteiger partial charge in [-0.25, -0.2) is 0 Å². The largest absolute Gasteiger partial charge is 0.497 e. The number of hydrogen-bond acceptors (Lipinski definition) is 3. The summed E-state index contributed by atoms with van der Waals surface area (Å²) < 4.78 is 5.34. The summed E-state index contributed by atoms with van der Waals surface area (Å²) in [4.78, 5) is 0. The van der Waals surface area contributed by atoms with Gasteiger partial charge in [0.1, 0.15) is 5.75 Å². The van der Waals surface area contributed by atoms with Crippen molar-refractivity contribution in [1.29, 1.82) is 0 Å². The molecule has 1 atom stereocenters. The molecule has 0 aromatic heterocycles. The monoisotopic (exact) mass is 378 g/mol. The number of ether oxygens (including phenoxy) is 1. The van der Waals surface area contributed by atoms with Crippen molar-refractivity contribution in [2.24, 2.45) is 5.10 Å². The molecule has 0 saturated heterocycles. The van der Waals surface area contributed by atoms with Crippen molar-refractivity contribution in [3.05, 3.63) is 108 Å². The molecule has 0 saturated carbocycles. The zero-order valence-electron chi connectivity index (χ0n) is 16.3. The van der Waals surface area contributed by atoms with E-state index in [0.29, 0.717) is 0 Å². The van der Waals surface area contributed by atoms with E-state index >= 15 is 0 Å². The lowest BCUT2D eigenvalue weighted by Crippen LogP contribution is -2.18. The molecule has 0 radical (unpaired) electrons. The van der Waals surface area contributed by atoms with Crippen LogP contribution in [0.1, 0.15) is 23.6 Å². The van der Waals surface area contributed by atoms with E-state index in [-0.39, 0.29) is 6.04 Å². The Hall–Kier alpha value is -3.59. The second-order valence-electron chi connectivity index (χ2n) is 7.25. The zero-order chi connectivity index (χ0) is 19.6. The Kier molecular flexibility index (Phi) is 4.49. The molecule has 0 fully saturated rings. The molecule has 1 heterocycles. The predicted molar refractivity (Wildman–Crippen MR) is 120 cm³/mol. The van der Waals surface area contributed by atoms with Crippen molar-refractivity contribution < 1.29 is 4.74 Å². The summed E-state index contributed by atoms with van der Waals surface area (Å²) >= 11 is 0. The van der Waals surface area contributed by atoms with E-state index in [9.17, 15) is 0 Å². The molecule has 1 aliphatic heterocycles. The normalized spacial score (nSPS) is 16.1. The van der Waals surface area contributed by atoms with Gasteiger partial charge in [-0.15, -0.1) is 0 Å². The first-order valence-electron chi connectivity index (χ1n) is 9.87. The summed E-state index contributed by atoms with van der Waals surface area (Å²) in [6.45, 7) is 0. The Morgan fingerprint density at radius 1 is 0.793 bits per heavy atom. The van der Waals surface area contributed by atoms with E-state index in [0.717, 1.165) is 23.6 Å². The quantitative estimate of drug-likeness (QED) is 0.422. The average molecular weight is 378 g/mol. The topological polar surface area (TPSA) is 24.8 Å². The summed E-state index contributed by atoms with van der Waals surface area (Å²) in [5.74, 6) is 0.869. The highest BCUT2D eigenvalue weighted by Gasteiger charge is 2.30. The second kappa shape index (κ2) is 7.44. The third-order valence-corrected chi connectivity index (χ3v) is 5.53. The van der Waals surface area contributed by atoms with Crippen molar-refractivity contribution in [3.8, 4) is 5.75 Å². The van der Waals surface area contributed by atoms with Crippen molar-refractivity contribution in [3.63, 3.8) is 0 Å². The number of hydrazone groups is 1. The lowest BCUT2D eigenvalue weighted by Gasteiger charge is -2.24. The van der Waals surface area contributed by atoms with Crippen LogP contribution in [0.3, 0.4) is 0 Å². The molecule has 3 nitrogen and oxygen atoms in total. The van der Waals surface area contributed by atoms with Gasteiger partial charge in [-0.1, -0.05) is 72.8 Å². The first-order valence-corrected chi connectivity index (χ1v) is 9.87. The van der Waals surface area contributed by atoms with Gasteiger partial charge in [0, 0.05) is 12.0 Å². The van der Waals surface area contributed by atoms with Crippen molar-refractivity contribution in [2.75, 3.05) is 12.1 Å². The molecule has 3 heteroatoms. The van der Waals surface area contributed by atoms with E-state index < -0.39 is 0 Å². The van der Waals surface area contributed by atoms with E-state index in [4.69, 9.17) is 9.84 Å². The molecular weight excluding hydrogens is 356 g/mol. The fourth-order valence-electron chi connectivity index (χ4n) is 4.05. The van der Waals surface area contributed by atoms with Crippen LogP contribution in [0.4, 0.5) is 5.69 Å². The number of methoxy groups -OCH3 is 1. The molecule has 0 bridgehead atoms. The van der Waals surface area contributed by atoms with Gasteiger partial charge < -0.3 is 4.74 Å². The Morgan fingerprint density at radius 3 is 2.31 bits per heavy atom. The highest BCUT2D eigenvalue weighted by atomic mass is 16.5. The van der Waals surface area contributed by atoms with Crippen molar-refractivity contribution in [2.45, 2.75) is 12.5 Å². The van der Waals surface area contributed by atoms with Crippen LogP contribution in [-0.4, -0.2) is 12.8 Å². The number of fused-ring (bicyclic) bond motifs is 1. The minimum Gasteiger partial charge on any atom is -0.497 e. The Bertz CT molecular complexity index is 1160. The molecule has 0 amide bonds. The number of anilines is 1. The molecule has 0 spiro atoms. The third-order valence-electron chi connectivity index (χ3n) is 5.53. The molecule has 0 aliphatic carbocycles. The highest BCUT2D eigenvalue weighted by Crippen LogP contribution is 2.38. The minimum atomic E-state index is 0.150. The standard InChI is InChI=1S/C26H22N2O/c1-29-22-16-14-20(15-17-22)26-18-25(27-28(26)21-10-3-2-4-11-21)24-13-7-9-19-8-5-6-12-23(19)24/h2-17,26H,18H2,1H3. The summed E-state index contributed by atoms with van der Waals surface area (Å²) in [7, 11) is 1.70. The highest BCUT2D eigenvalue weighted by molar-refractivity contribution is 6.12. The fraction of sp³-hybridized carbons (Fsp3) is 0.115. The van der Waals surface area contributed by atoms with Crippen molar-refractivity contribution in [1.82, 2.24) is 0 Å². The van der Waals surface area contributed by atoms with Gasteiger partial charge in [0.05, 0.1) is 24.6 Å². The average Bonchev–Trinajstić information content (AvgIpc) is 3.24. The number of hydrogen-bond donors (Lipinski definition) is 0. The molecule has 1 unspecified atom stereocenters. The number of benzene rings is 4. The van der Waals surface area contributed by atoms with E-state index in [1.165, 1.54) is 21.9 Å². The summed E-state index contributed by atoms with van der Waals surface area (Å²) in [6, 6.07) is 33.8. The van der Waals surface area contributed by atoms with Gasteiger partial charge in [0.25, 0.3) is 0 Å². The van der Waals surface area contributed by atoms with Gasteiger partial charge in [0.15, 0.2) is 0 Å². The maximum absolute atomic E-state index is 5.34. The predicted octanol–water partition coefficient (Wildman–Crippen LogP) is 6.20. The van der Waals surface area contributed by atoms with E-state index in [1.54, 1.807) is 7.11 Å². The second-order valence-corrected chi connectivity index (χ2v) is 7.25. The lowest BCUT2D eigenvalue weighted by molar-refractivity contribution is 0.414. The minimum absolute atomic E-state index is 0.150. The number of para-hydroxylation sites is 1. The van der Waals surface area contributed by atoms with Crippen LogP contribution in [0.15, 0.2) is 102 Å². The third kappa shape index (κ3) is 3.25. The zero-order valence-corrected chi connectivity index (χ0v) is 16.3. The summed E-state index contributed by atoms with van der Waals surface area (Å²) in [5, 5.41) is 9.74. The SMILES string of the molecule is COc1ccc(C2CC(c3cccc4ccccc34)=NN2c2ccccc2)cc1. The van der Waals surface area contributed by atoms with E-state index in [1.807, 2.05) is 18.2 Å². The van der Waals surface area contributed by atoms with Crippen LogP contribution in [0.2, 0.25) is 0 Å². The smallest absolute Gasteiger partial charge is 0.118 e. The fourth-order valence-corrected chi connectivity index (χ4v) is 4.05. The molecular formula is C26H22N2O. The van der Waals surface area contributed by atoms with Crippen molar-refractivity contribution >= 4 is 22.2 Å². The van der Waals surface area contributed by atoms with Gasteiger partial charge in [-0.2, -0.15) is 5.10 Å². The number of rotatable bonds is 4. The molecule has 29 heavy (non-hydrogen) atoms. The summed E-state index contributed by atoms with van der Waals surface area (Å²) in [5.41, 5.74) is 4.66. The Labute approximate surface area is 170 Å². The molecule has 4 aromatic rings. The molecule has 142 valence electrons. The molecule has 1 aliphatic rings. The molecule has 5 rings (SSSR count). The van der Waals surface area contributed by atoms with Crippen LogP contribution in [0.25, 0.3) is 10.8 Å². The van der Waals surface area contributed by atoms with Gasteiger partial charge in [0.2, 0.25) is 0 Å². The van der Waals surface area contributed by atoms with Gasteiger partial charge in [-0.3, -0.25) is 5.01 Å². The van der Waals surface area contributed by atoms with Gasteiger partial charge >= 0.3 is 0 Å². The molecule has 0 N–H and O–H groups in total. The van der Waals surface area contributed by atoms with E-state index in [2.05, 4.69) is 83.9 Å². The summed E-state index contributed by atoms with van der Waals surface area (Å²) in [6.07, 6.45) is 0.856. The van der Waals surface area contributed by atoms with Crippen LogP contribution in [0, 0.1) is 0 Å². The number of nitrogens with zero attached hydrogens (tertiary/aromatic N) is 2. The lowest BCUT2D eigenvalue weighted by atomic mass is 9.95. The Balaban J connectivity index is 1.60. The first kappa shape index (κ1) is 17.5. The molecule has 4 aromatic carbocycles. The van der Waals surface area contributed by atoms with Gasteiger partial charge in [-0.05, 0) is 40.6 Å². The van der Waals surface area contributed by atoms with Crippen LogP contribution in [0.5, 0.6) is 5.75 Å². The first-order chi connectivity index (χ1) is 14.3. The maximum Gasteiger partial charge on any atom is 0.118 e. The van der Waals surface area contributed by atoms with Crippen LogP contribution < -0.4 is 9.75 Å².